The summed E-state index contributed by atoms with van der Waals surface area (Å²) in [4.78, 5) is 11.8. The highest BCUT2D eigenvalue weighted by Gasteiger charge is 2.05. The highest BCUT2D eigenvalue weighted by Crippen LogP contribution is 2.12. The highest BCUT2D eigenvalue weighted by atomic mass is 35.5. The summed E-state index contributed by atoms with van der Waals surface area (Å²) in [5, 5.41) is 12.0. The van der Waals surface area contributed by atoms with Crippen LogP contribution in [0.2, 0.25) is 5.02 Å². The lowest BCUT2D eigenvalue weighted by molar-refractivity contribution is 0.0956. The number of amides is 1. The molecule has 1 aromatic heterocycles. The van der Waals surface area contributed by atoms with E-state index in [0.29, 0.717) is 17.1 Å². The smallest absolute Gasteiger partial charge is 0.251 e. The zero-order chi connectivity index (χ0) is 13.7. The molecule has 0 unspecified atom stereocenters. The molecule has 0 radical (unpaired) electrons. The lowest BCUT2D eigenvalue weighted by Crippen LogP contribution is -2.25. The van der Waals surface area contributed by atoms with Crippen molar-refractivity contribution in [1.82, 2.24) is 20.1 Å². The van der Waals surface area contributed by atoms with Crippen LogP contribution >= 0.6 is 23.4 Å². The third kappa shape index (κ3) is 3.97. The van der Waals surface area contributed by atoms with Gasteiger partial charge in [0, 0.05) is 29.9 Å². The summed E-state index contributed by atoms with van der Waals surface area (Å²) >= 11 is 7.31. The lowest BCUT2D eigenvalue weighted by atomic mass is 10.2. The molecule has 0 spiro atoms. The molecule has 0 bridgehead atoms. The fourth-order valence-electron chi connectivity index (χ4n) is 1.41. The van der Waals surface area contributed by atoms with E-state index in [1.165, 1.54) is 0 Å². The Kier molecular flexibility index (Phi) is 4.81. The fraction of sp³-hybridized carbons (Fsp3) is 0.250. The molecule has 0 aliphatic rings. The number of halogens is 1. The highest BCUT2D eigenvalue weighted by molar-refractivity contribution is 7.99. The maximum absolute atomic E-state index is 11.8. The van der Waals surface area contributed by atoms with Gasteiger partial charge in [0.1, 0.15) is 6.33 Å². The van der Waals surface area contributed by atoms with Crippen LogP contribution < -0.4 is 5.32 Å². The van der Waals surface area contributed by atoms with Crippen LogP contribution in [0.5, 0.6) is 0 Å². The van der Waals surface area contributed by atoms with Crippen LogP contribution in [0.3, 0.4) is 0 Å². The number of hydrogen-bond donors (Lipinski definition) is 1. The van der Waals surface area contributed by atoms with Gasteiger partial charge in [-0.25, -0.2) is 0 Å². The van der Waals surface area contributed by atoms with E-state index in [1.54, 1.807) is 42.4 Å². The molecule has 100 valence electrons. The number of nitrogens with zero attached hydrogens (tertiary/aromatic N) is 3. The normalized spacial score (nSPS) is 10.4. The van der Waals surface area contributed by atoms with Crippen LogP contribution in [0.25, 0.3) is 0 Å². The first kappa shape index (κ1) is 13.9. The molecular formula is C12H13ClN4OS. The van der Waals surface area contributed by atoms with Crippen molar-refractivity contribution in [3.05, 3.63) is 41.2 Å². The number of thioether (sulfide) groups is 1. The number of nitrogens with one attached hydrogen (secondary N) is 1. The van der Waals surface area contributed by atoms with Crippen LogP contribution in [0, 0.1) is 0 Å². The average Bonchev–Trinajstić information content (AvgIpc) is 2.81. The van der Waals surface area contributed by atoms with Crippen molar-refractivity contribution in [3.8, 4) is 0 Å². The molecule has 2 aromatic rings. The van der Waals surface area contributed by atoms with Gasteiger partial charge in [0.05, 0.1) is 0 Å². The minimum absolute atomic E-state index is 0.102. The van der Waals surface area contributed by atoms with Crippen molar-refractivity contribution >= 4 is 29.3 Å². The molecule has 0 saturated heterocycles. The van der Waals surface area contributed by atoms with Crippen LogP contribution in [0.4, 0.5) is 0 Å². The molecule has 19 heavy (non-hydrogen) atoms. The quantitative estimate of drug-likeness (QED) is 0.677. The Morgan fingerprint density at radius 2 is 2.16 bits per heavy atom. The maximum Gasteiger partial charge on any atom is 0.251 e. The first-order valence-corrected chi connectivity index (χ1v) is 7.04. The second-order valence-corrected chi connectivity index (χ2v) is 5.33. The predicted octanol–water partition coefficient (Wildman–Crippen LogP) is 1.99. The van der Waals surface area contributed by atoms with Crippen molar-refractivity contribution < 1.29 is 4.79 Å². The first-order chi connectivity index (χ1) is 9.16. The molecule has 1 amide bonds. The van der Waals surface area contributed by atoms with Gasteiger partial charge in [0.2, 0.25) is 0 Å². The number of carbonyl (C=O) groups is 1. The van der Waals surface area contributed by atoms with E-state index in [0.717, 1.165) is 10.9 Å². The molecule has 0 aliphatic heterocycles. The molecule has 5 nitrogen and oxygen atoms in total. The predicted molar refractivity (Wildman–Crippen MR) is 75.5 cm³/mol. The van der Waals surface area contributed by atoms with Crippen molar-refractivity contribution in [2.75, 3.05) is 12.3 Å². The third-order valence-corrected chi connectivity index (χ3v) is 3.68. The van der Waals surface area contributed by atoms with E-state index in [4.69, 9.17) is 11.6 Å². The van der Waals surface area contributed by atoms with Crippen LogP contribution in [-0.2, 0) is 7.05 Å². The Morgan fingerprint density at radius 1 is 1.42 bits per heavy atom. The fourth-order valence-corrected chi connectivity index (χ4v) is 2.28. The van der Waals surface area contributed by atoms with Crippen LogP contribution in [-0.4, -0.2) is 33.0 Å². The van der Waals surface area contributed by atoms with Crippen molar-refractivity contribution in [2.45, 2.75) is 5.16 Å². The Balaban J connectivity index is 1.75. The summed E-state index contributed by atoms with van der Waals surface area (Å²) < 4.78 is 1.84. The molecule has 7 heteroatoms. The zero-order valence-electron chi connectivity index (χ0n) is 10.3. The van der Waals surface area contributed by atoms with Crippen molar-refractivity contribution in [3.63, 3.8) is 0 Å². The van der Waals surface area contributed by atoms with E-state index in [9.17, 15) is 4.79 Å². The number of aromatic nitrogens is 3. The summed E-state index contributed by atoms with van der Waals surface area (Å²) in [6.07, 6.45) is 1.65. The van der Waals surface area contributed by atoms with Gasteiger partial charge in [-0.3, -0.25) is 4.79 Å². The second kappa shape index (κ2) is 6.58. The largest absolute Gasteiger partial charge is 0.351 e. The van der Waals surface area contributed by atoms with Crippen molar-refractivity contribution in [1.29, 1.82) is 0 Å². The van der Waals surface area contributed by atoms with Gasteiger partial charge in [-0.05, 0) is 24.3 Å². The van der Waals surface area contributed by atoms with Crippen LogP contribution in [0.1, 0.15) is 10.4 Å². The summed E-state index contributed by atoms with van der Waals surface area (Å²) in [5.41, 5.74) is 0.605. The SMILES string of the molecule is Cn1cnnc1SCCNC(=O)c1ccc(Cl)cc1. The summed E-state index contributed by atoms with van der Waals surface area (Å²) in [6.45, 7) is 0.568. The average molecular weight is 297 g/mol. The Bertz CT molecular complexity index is 555. The number of hydrogen-bond acceptors (Lipinski definition) is 4. The van der Waals surface area contributed by atoms with Gasteiger partial charge in [0.25, 0.3) is 5.91 Å². The molecule has 1 N–H and O–H groups in total. The summed E-state index contributed by atoms with van der Waals surface area (Å²) in [5.74, 6) is 0.640. The molecular weight excluding hydrogens is 284 g/mol. The maximum atomic E-state index is 11.8. The molecule has 1 heterocycles. The Morgan fingerprint density at radius 3 is 2.79 bits per heavy atom. The second-order valence-electron chi connectivity index (χ2n) is 3.84. The van der Waals surface area contributed by atoms with E-state index in [-0.39, 0.29) is 5.91 Å². The molecule has 0 saturated carbocycles. The Labute approximate surface area is 120 Å². The van der Waals surface area contributed by atoms with E-state index >= 15 is 0 Å². The zero-order valence-corrected chi connectivity index (χ0v) is 11.9. The topological polar surface area (TPSA) is 59.8 Å². The monoisotopic (exact) mass is 296 g/mol. The minimum Gasteiger partial charge on any atom is -0.351 e. The minimum atomic E-state index is -0.102. The molecule has 0 atom stereocenters. The number of benzene rings is 1. The summed E-state index contributed by atoms with van der Waals surface area (Å²) in [6, 6.07) is 6.80. The van der Waals surface area contributed by atoms with E-state index in [2.05, 4.69) is 15.5 Å². The standard InChI is InChI=1S/C12H13ClN4OS/c1-17-8-15-16-12(17)19-7-6-14-11(18)9-2-4-10(13)5-3-9/h2-5,8H,6-7H2,1H3,(H,14,18). The molecule has 1 aromatic carbocycles. The first-order valence-electron chi connectivity index (χ1n) is 5.67. The molecule has 0 fully saturated rings. The van der Waals surface area contributed by atoms with Gasteiger partial charge in [0.15, 0.2) is 5.16 Å². The van der Waals surface area contributed by atoms with E-state index < -0.39 is 0 Å². The van der Waals surface area contributed by atoms with Gasteiger partial charge >= 0.3 is 0 Å². The lowest BCUT2D eigenvalue weighted by Gasteiger charge is -2.05. The van der Waals surface area contributed by atoms with Crippen LogP contribution in [0.15, 0.2) is 35.7 Å². The number of carbonyl (C=O) groups excluding carboxylic acids is 1. The number of rotatable bonds is 5. The molecule has 2 rings (SSSR count). The third-order valence-electron chi connectivity index (χ3n) is 2.40. The van der Waals surface area contributed by atoms with Crippen molar-refractivity contribution in [2.24, 2.45) is 7.05 Å². The summed E-state index contributed by atoms with van der Waals surface area (Å²) in [7, 11) is 1.88. The van der Waals surface area contributed by atoms with Gasteiger partial charge in [-0.15, -0.1) is 10.2 Å². The van der Waals surface area contributed by atoms with Gasteiger partial charge in [-0.1, -0.05) is 23.4 Å². The van der Waals surface area contributed by atoms with E-state index in [1.807, 2.05) is 11.6 Å². The Hall–Kier alpha value is -1.53. The molecule has 0 aliphatic carbocycles. The van der Waals surface area contributed by atoms with Gasteiger partial charge < -0.3 is 9.88 Å². The number of aryl methyl sites for hydroxylation is 1. The van der Waals surface area contributed by atoms with Gasteiger partial charge in [-0.2, -0.15) is 0 Å².